The Bertz CT molecular complexity index is 1160. The van der Waals surface area contributed by atoms with E-state index in [0.717, 1.165) is 27.1 Å². The molecule has 0 amide bonds. The average Bonchev–Trinajstić information content (AvgIpc) is 3.22. The van der Waals surface area contributed by atoms with E-state index in [1.54, 1.807) is 18.3 Å². The van der Waals surface area contributed by atoms with E-state index in [4.69, 9.17) is 0 Å². The number of aromatic nitrogens is 2. The molecule has 4 rings (SSSR count). The number of nitro groups is 1. The second-order valence-corrected chi connectivity index (χ2v) is 7.04. The van der Waals surface area contributed by atoms with Crippen molar-refractivity contribution in [1.82, 2.24) is 10.2 Å². The number of benzene rings is 3. The lowest BCUT2D eigenvalue weighted by molar-refractivity contribution is -0.384. The van der Waals surface area contributed by atoms with E-state index in [1.807, 2.05) is 54.6 Å². The number of anilines is 2. The predicted octanol–water partition coefficient (Wildman–Crippen LogP) is 5.61. The highest BCUT2D eigenvalue weighted by atomic mass is 32.1. The number of non-ortho nitro benzene ring substituents is 1. The van der Waals surface area contributed by atoms with E-state index in [9.17, 15) is 10.1 Å². The summed E-state index contributed by atoms with van der Waals surface area (Å²) in [5, 5.41) is 24.0. The Hall–Kier alpha value is -3.91. The summed E-state index contributed by atoms with van der Waals surface area (Å²) in [7, 11) is 0. The van der Waals surface area contributed by atoms with Crippen molar-refractivity contribution in [2.24, 2.45) is 4.99 Å². The fraction of sp³-hybridized carbons (Fsp3) is 0. The van der Waals surface area contributed by atoms with Crippen LogP contribution in [-0.2, 0) is 0 Å². The van der Waals surface area contributed by atoms with E-state index in [2.05, 4.69) is 20.5 Å². The summed E-state index contributed by atoms with van der Waals surface area (Å²) < 4.78 is 0. The highest BCUT2D eigenvalue weighted by Gasteiger charge is 2.07. The molecule has 4 aromatic rings. The van der Waals surface area contributed by atoms with E-state index in [1.165, 1.54) is 23.5 Å². The van der Waals surface area contributed by atoms with Crippen LogP contribution >= 0.6 is 11.3 Å². The van der Waals surface area contributed by atoms with Gasteiger partial charge in [-0.1, -0.05) is 41.7 Å². The summed E-state index contributed by atoms with van der Waals surface area (Å²) in [5.41, 5.74) is 3.36. The number of nitrogens with zero attached hydrogens (tertiary/aromatic N) is 4. The Morgan fingerprint density at radius 2 is 1.76 bits per heavy atom. The SMILES string of the molecule is O=[N+]([O-])c1cccc(C=Nc2ccc(-c3nnc(Nc4ccccc4)s3)cc2)c1. The predicted molar refractivity (Wildman–Crippen MR) is 115 cm³/mol. The number of hydrogen-bond donors (Lipinski definition) is 1. The molecule has 0 radical (unpaired) electrons. The molecule has 0 spiro atoms. The third kappa shape index (κ3) is 4.69. The molecule has 1 N–H and O–H groups in total. The van der Waals surface area contributed by atoms with Crippen LogP contribution < -0.4 is 5.32 Å². The molecule has 0 aliphatic carbocycles. The molecular formula is C21H15N5O2S. The zero-order chi connectivity index (χ0) is 20.1. The van der Waals surface area contributed by atoms with Crippen molar-refractivity contribution in [2.75, 3.05) is 5.32 Å². The second-order valence-electron chi connectivity index (χ2n) is 6.06. The van der Waals surface area contributed by atoms with Gasteiger partial charge in [-0.2, -0.15) is 0 Å². The van der Waals surface area contributed by atoms with Crippen molar-refractivity contribution in [3.05, 3.63) is 94.5 Å². The molecule has 0 atom stereocenters. The van der Waals surface area contributed by atoms with Gasteiger partial charge in [0.15, 0.2) is 0 Å². The maximum absolute atomic E-state index is 10.9. The lowest BCUT2D eigenvalue weighted by Crippen LogP contribution is -1.89. The third-order valence-electron chi connectivity index (χ3n) is 4.01. The first kappa shape index (κ1) is 18.5. The molecule has 29 heavy (non-hydrogen) atoms. The zero-order valence-corrected chi connectivity index (χ0v) is 15.9. The van der Waals surface area contributed by atoms with Gasteiger partial charge in [-0.25, -0.2) is 0 Å². The van der Waals surface area contributed by atoms with Crippen LogP contribution in [0.3, 0.4) is 0 Å². The fourth-order valence-electron chi connectivity index (χ4n) is 2.59. The molecule has 0 saturated heterocycles. The summed E-state index contributed by atoms with van der Waals surface area (Å²) in [6, 6.07) is 23.7. The van der Waals surface area contributed by atoms with Gasteiger partial charge in [0.05, 0.1) is 10.6 Å². The van der Waals surface area contributed by atoms with Gasteiger partial charge in [0.25, 0.3) is 5.69 Å². The lowest BCUT2D eigenvalue weighted by Gasteiger charge is -1.99. The summed E-state index contributed by atoms with van der Waals surface area (Å²) in [4.78, 5) is 14.8. The number of nitro benzene ring substituents is 1. The smallest absolute Gasteiger partial charge is 0.270 e. The van der Waals surface area contributed by atoms with E-state index >= 15 is 0 Å². The first-order valence-corrected chi connectivity index (χ1v) is 9.53. The van der Waals surface area contributed by atoms with Crippen molar-refractivity contribution in [3.63, 3.8) is 0 Å². The van der Waals surface area contributed by atoms with E-state index in [0.29, 0.717) is 5.56 Å². The Balaban J connectivity index is 1.45. The maximum atomic E-state index is 10.9. The Labute approximate surface area is 170 Å². The highest BCUT2D eigenvalue weighted by Crippen LogP contribution is 2.29. The molecule has 3 aromatic carbocycles. The summed E-state index contributed by atoms with van der Waals surface area (Å²) >= 11 is 1.47. The van der Waals surface area contributed by atoms with Crippen LogP contribution in [0.25, 0.3) is 10.6 Å². The van der Waals surface area contributed by atoms with Crippen molar-refractivity contribution in [1.29, 1.82) is 0 Å². The van der Waals surface area contributed by atoms with Crippen LogP contribution in [0.5, 0.6) is 0 Å². The Kier molecular flexibility index (Phi) is 5.35. The molecule has 1 aromatic heterocycles. The minimum absolute atomic E-state index is 0.0421. The first-order valence-electron chi connectivity index (χ1n) is 8.72. The van der Waals surface area contributed by atoms with Gasteiger partial charge in [0.1, 0.15) is 5.01 Å². The van der Waals surface area contributed by atoms with Crippen molar-refractivity contribution in [2.45, 2.75) is 0 Å². The number of hydrogen-bond acceptors (Lipinski definition) is 7. The highest BCUT2D eigenvalue weighted by molar-refractivity contribution is 7.18. The van der Waals surface area contributed by atoms with Gasteiger partial charge in [-0.3, -0.25) is 15.1 Å². The fourth-order valence-corrected chi connectivity index (χ4v) is 3.36. The Morgan fingerprint density at radius 1 is 0.966 bits per heavy atom. The van der Waals surface area contributed by atoms with Crippen molar-refractivity contribution in [3.8, 4) is 10.6 Å². The molecular weight excluding hydrogens is 386 g/mol. The topological polar surface area (TPSA) is 93.3 Å². The number of rotatable bonds is 6. The van der Waals surface area contributed by atoms with Crippen LogP contribution in [0.2, 0.25) is 0 Å². The third-order valence-corrected chi connectivity index (χ3v) is 4.90. The molecule has 0 saturated carbocycles. The zero-order valence-electron chi connectivity index (χ0n) is 15.1. The van der Waals surface area contributed by atoms with Gasteiger partial charge in [0.2, 0.25) is 5.13 Å². The molecule has 0 unspecified atom stereocenters. The molecule has 0 aliphatic heterocycles. The average molecular weight is 401 g/mol. The number of nitrogens with one attached hydrogen (secondary N) is 1. The van der Waals surface area contributed by atoms with Gasteiger partial charge in [0, 0.05) is 29.6 Å². The van der Waals surface area contributed by atoms with Crippen molar-refractivity contribution >= 4 is 39.7 Å². The molecule has 7 nitrogen and oxygen atoms in total. The molecule has 8 heteroatoms. The van der Waals surface area contributed by atoms with Crippen LogP contribution in [-0.4, -0.2) is 21.3 Å². The van der Waals surface area contributed by atoms with Crippen LogP contribution in [0.1, 0.15) is 5.56 Å². The van der Waals surface area contributed by atoms with Gasteiger partial charge in [-0.05, 0) is 42.0 Å². The maximum Gasteiger partial charge on any atom is 0.270 e. The number of aliphatic imine (C=N–C) groups is 1. The quantitative estimate of drug-likeness (QED) is 0.258. The second kappa shape index (κ2) is 8.41. The largest absolute Gasteiger partial charge is 0.330 e. The lowest BCUT2D eigenvalue weighted by atomic mass is 10.2. The van der Waals surface area contributed by atoms with Crippen LogP contribution in [0.4, 0.5) is 22.2 Å². The Morgan fingerprint density at radius 3 is 2.52 bits per heavy atom. The normalized spacial score (nSPS) is 10.9. The summed E-state index contributed by atoms with van der Waals surface area (Å²) in [6.45, 7) is 0. The van der Waals surface area contributed by atoms with Crippen LogP contribution in [0.15, 0.2) is 83.9 Å². The number of para-hydroxylation sites is 1. The van der Waals surface area contributed by atoms with Gasteiger partial charge < -0.3 is 5.32 Å². The molecule has 0 aliphatic rings. The summed E-state index contributed by atoms with van der Waals surface area (Å²) in [6.07, 6.45) is 1.61. The van der Waals surface area contributed by atoms with E-state index < -0.39 is 4.92 Å². The molecule has 0 fully saturated rings. The minimum atomic E-state index is -0.422. The standard InChI is InChI=1S/C21H15N5O2S/c27-26(28)19-8-4-5-15(13-19)14-22-17-11-9-16(10-12-17)20-24-25-21(29-20)23-18-6-2-1-3-7-18/h1-14H,(H,23,25). The molecule has 142 valence electrons. The molecule has 1 heterocycles. The van der Waals surface area contributed by atoms with Gasteiger partial charge >= 0.3 is 0 Å². The van der Waals surface area contributed by atoms with E-state index in [-0.39, 0.29) is 5.69 Å². The van der Waals surface area contributed by atoms with Crippen LogP contribution in [0, 0.1) is 10.1 Å². The molecule has 0 bridgehead atoms. The monoisotopic (exact) mass is 401 g/mol. The summed E-state index contributed by atoms with van der Waals surface area (Å²) in [5.74, 6) is 0. The van der Waals surface area contributed by atoms with Crippen molar-refractivity contribution < 1.29 is 4.92 Å². The van der Waals surface area contributed by atoms with Gasteiger partial charge in [-0.15, -0.1) is 10.2 Å². The minimum Gasteiger partial charge on any atom is -0.330 e. The first-order chi connectivity index (χ1) is 14.2.